The Kier molecular flexibility index (Phi) is 8.32. The molecule has 152 valence electrons. The molecule has 0 unspecified atom stereocenters. The highest BCUT2D eigenvalue weighted by Gasteiger charge is 2.01. The van der Waals surface area contributed by atoms with Crippen molar-refractivity contribution in [2.45, 2.75) is 45.4 Å². The van der Waals surface area contributed by atoms with Gasteiger partial charge in [0, 0.05) is 16.6 Å². The fourth-order valence-electron chi connectivity index (χ4n) is 3.12. The van der Waals surface area contributed by atoms with Crippen molar-refractivity contribution in [1.29, 1.82) is 0 Å². The van der Waals surface area contributed by atoms with Gasteiger partial charge in [-0.3, -0.25) is 10.4 Å². The average molecular weight is 410 g/mol. The highest BCUT2D eigenvalue weighted by Crippen LogP contribution is 2.24. The molecule has 0 saturated carbocycles. The summed E-state index contributed by atoms with van der Waals surface area (Å²) in [6.07, 6.45) is 11.2. The Balaban J connectivity index is 1.47. The van der Waals surface area contributed by atoms with Crippen LogP contribution in [0.5, 0.6) is 5.75 Å². The van der Waals surface area contributed by atoms with Gasteiger partial charge in [0.15, 0.2) is 0 Å². The zero-order valence-corrected chi connectivity index (χ0v) is 17.7. The van der Waals surface area contributed by atoms with Gasteiger partial charge in [0.1, 0.15) is 5.75 Å². The van der Waals surface area contributed by atoms with E-state index in [2.05, 4.69) is 22.4 Å². The van der Waals surface area contributed by atoms with E-state index in [4.69, 9.17) is 16.3 Å². The highest BCUT2D eigenvalue weighted by atomic mass is 35.5. The van der Waals surface area contributed by atoms with E-state index in [-0.39, 0.29) is 0 Å². The van der Waals surface area contributed by atoms with Crippen molar-refractivity contribution < 1.29 is 4.74 Å². The molecule has 0 spiro atoms. The van der Waals surface area contributed by atoms with Crippen LogP contribution >= 0.6 is 11.6 Å². The van der Waals surface area contributed by atoms with E-state index < -0.39 is 0 Å². The standard InChI is InChI=1S/C24H28ClN3O/c1-2-3-4-5-6-7-16-29-21-11-8-19(9-12-21)18-27-28-23-14-15-26-24-17-20(25)10-13-22(23)24/h8-15,17-18H,2-7,16H2,1H3,(H,26,28)/b27-18-. The normalized spacial score (nSPS) is 11.2. The second-order valence-corrected chi connectivity index (χ2v) is 7.51. The van der Waals surface area contributed by atoms with E-state index in [1.807, 2.05) is 48.5 Å². The summed E-state index contributed by atoms with van der Waals surface area (Å²) in [5.41, 5.74) is 5.82. The number of pyridine rings is 1. The molecule has 1 aromatic heterocycles. The third-order valence-corrected chi connectivity index (χ3v) is 4.99. The molecule has 0 amide bonds. The lowest BCUT2D eigenvalue weighted by Crippen LogP contribution is -1.97. The Bertz CT molecular complexity index is 925. The Morgan fingerprint density at radius 1 is 1.00 bits per heavy atom. The maximum absolute atomic E-state index is 6.03. The molecule has 2 aromatic carbocycles. The van der Waals surface area contributed by atoms with Crippen LogP contribution in [-0.2, 0) is 0 Å². The summed E-state index contributed by atoms with van der Waals surface area (Å²) >= 11 is 6.03. The smallest absolute Gasteiger partial charge is 0.119 e. The number of aromatic nitrogens is 1. The van der Waals surface area contributed by atoms with Crippen LogP contribution in [0.3, 0.4) is 0 Å². The Labute approximate surface area is 178 Å². The molecule has 4 nitrogen and oxygen atoms in total. The van der Waals surface area contributed by atoms with E-state index in [0.29, 0.717) is 5.02 Å². The van der Waals surface area contributed by atoms with Crippen molar-refractivity contribution in [2.75, 3.05) is 12.0 Å². The Hall–Kier alpha value is -2.59. The molecule has 29 heavy (non-hydrogen) atoms. The molecule has 0 aliphatic carbocycles. The maximum Gasteiger partial charge on any atom is 0.119 e. The Morgan fingerprint density at radius 2 is 1.79 bits per heavy atom. The van der Waals surface area contributed by atoms with Gasteiger partial charge >= 0.3 is 0 Å². The van der Waals surface area contributed by atoms with Gasteiger partial charge in [-0.05, 0) is 60.5 Å². The largest absolute Gasteiger partial charge is 0.494 e. The van der Waals surface area contributed by atoms with Gasteiger partial charge < -0.3 is 4.74 Å². The van der Waals surface area contributed by atoms with Crippen molar-refractivity contribution in [2.24, 2.45) is 5.10 Å². The van der Waals surface area contributed by atoms with E-state index >= 15 is 0 Å². The molecule has 5 heteroatoms. The fraction of sp³-hybridized carbons (Fsp3) is 0.333. The lowest BCUT2D eigenvalue weighted by Gasteiger charge is -2.07. The first-order chi connectivity index (χ1) is 14.3. The molecule has 1 N–H and O–H groups in total. The molecule has 0 radical (unpaired) electrons. The predicted molar refractivity (Wildman–Crippen MR) is 123 cm³/mol. The van der Waals surface area contributed by atoms with Gasteiger partial charge in [-0.2, -0.15) is 5.10 Å². The first kappa shape index (κ1) is 21.1. The Morgan fingerprint density at radius 3 is 2.62 bits per heavy atom. The lowest BCUT2D eigenvalue weighted by molar-refractivity contribution is 0.304. The molecule has 3 rings (SSSR count). The summed E-state index contributed by atoms with van der Waals surface area (Å²) in [4.78, 5) is 4.34. The minimum atomic E-state index is 0.671. The van der Waals surface area contributed by atoms with Crippen molar-refractivity contribution in [3.05, 3.63) is 65.3 Å². The summed E-state index contributed by atoms with van der Waals surface area (Å²) < 4.78 is 5.82. The van der Waals surface area contributed by atoms with Crippen molar-refractivity contribution >= 4 is 34.4 Å². The van der Waals surface area contributed by atoms with E-state index in [0.717, 1.165) is 40.9 Å². The lowest BCUT2D eigenvalue weighted by atomic mass is 10.1. The monoisotopic (exact) mass is 409 g/mol. The van der Waals surface area contributed by atoms with Crippen LogP contribution in [0, 0.1) is 0 Å². The first-order valence-corrected chi connectivity index (χ1v) is 10.7. The highest BCUT2D eigenvalue weighted by molar-refractivity contribution is 6.31. The summed E-state index contributed by atoms with van der Waals surface area (Å²) in [5, 5.41) is 6.00. The average Bonchev–Trinajstić information content (AvgIpc) is 2.74. The van der Waals surface area contributed by atoms with Gasteiger partial charge in [-0.15, -0.1) is 0 Å². The number of unbranched alkanes of at least 4 members (excludes halogenated alkanes) is 5. The van der Waals surface area contributed by atoms with Crippen LogP contribution in [0.4, 0.5) is 5.69 Å². The SMILES string of the molecule is CCCCCCCCOc1ccc(/C=N\Nc2ccnc3cc(Cl)ccc23)cc1. The van der Waals surface area contributed by atoms with Crippen molar-refractivity contribution in [3.63, 3.8) is 0 Å². The maximum atomic E-state index is 6.03. The van der Waals surface area contributed by atoms with Crippen molar-refractivity contribution in [3.8, 4) is 5.75 Å². The topological polar surface area (TPSA) is 46.5 Å². The molecule has 0 bridgehead atoms. The number of benzene rings is 2. The summed E-state index contributed by atoms with van der Waals surface area (Å²) in [5.74, 6) is 0.903. The number of fused-ring (bicyclic) bond motifs is 1. The quantitative estimate of drug-likeness (QED) is 0.209. The van der Waals surface area contributed by atoms with Gasteiger partial charge in [-0.1, -0.05) is 50.6 Å². The zero-order valence-electron chi connectivity index (χ0n) is 16.9. The van der Waals surface area contributed by atoms with Crippen LogP contribution in [0.25, 0.3) is 10.9 Å². The molecule has 0 aliphatic heterocycles. The molecule has 0 fully saturated rings. The van der Waals surface area contributed by atoms with Gasteiger partial charge in [-0.25, -0.2) is 0 Å². The molecular weight excluding hydrogens is 382 g/mol. The van der Waals surface area contributed by atoms with Crippen LogP contribution in [-0.4, -0.2) is 17.8 Å². The number of hydrogen-bond acceptors (Lipinski definition) is 4. The number of hydrogen-bond donors (Lipinski definition) is 1. The van der Waals surface area contributed by atoms with Gasteiger partial charge in [0.2, 0.25) is 0 Å². The minimum absolute atomic E-state index is 0.671. The number of anilines is 1. The molecule has 0 aliphatic rings. The van der Waals surface area contributed by atoms with Crippen molar-refractivity contribution in [1.82, 2.24) is 4.98 Å². The second-order valence-electron chi connectivity index (χ2n) is 7.08. The van der Waals surface area contributed by atoms with E-state index in [9.17, 15) is 0 Å². The molecule has 3 aromatic rings. The number of halogens is 1. The van der Waals surface area contributed by atoms with Crippen LogP contribution in [0.1, 0.15) is 51.0 Å². The van der Waals surface area contributed by atoms with E-state index in [1.54, 1.807) is 12.4 Å². The molecular formula is C24H28ClN3O. The minimum Gasteiger partial charge on any atom is -0.494 e. The summed E-state index contributed by atoms with van der Waals surface area (Å²) in [6, 6.07) is 15.5. The van der Waals surface area contributed by atoms with E-state index in [1.165, 1.54) is 32.1 Å². The fourth-order valence-corrected chi connectivity index (χ4v) is 3.28. The third kappa shape index (κ3) is 6.75. The van der Waals surface area contributed by atoms with Crippen LogP contribution in [0.2, 0.25) is 5.02 Å². The molecule has 0 atom stereocenters. The van der Waals surface area contributed by atoms with Crippen LogP contribution in [0.15, 0.2) is 59.8 Å². The predicted octanol–water partition coefficient (Wildman–Crippen LogP) is 7.07. The van der Waals surface area contributed by atoms with Crippen LogP contribution < -0.4 is 10.2 Å². The molecule has 1 heterocycles. The number of hydrazone groups is 1. The number of rotatable bonds is 11. The number of nitrogens with zero attached hydrogens (tertiary/aromatic N) is 2. The molecule has 0 saturated heterocycles. The second kappa shape index (κ2) is 11.4. The van der Waals surface area contributed by atoms with Gasteiger partial charge in [0.05, 0.1) is 24.0 Å². The third-order valence-electron chi connectivity index (χ3n) is 4.75. The summed E-state index contributed by atoms with van der Waals surface area (Å²) in [6.45, 7) is 3.02. The zero-order chi connectivity index (χ0) is 20.3. The number of nitrogens with one attached hydrogen (secondary N) is 1. The van der Waals surface area contributed by atoms with Gasteiger partial charge in [0.25, 0.3) is 0 Å². The number of ether oxygens (including phenoxy) is 1. The first-order valence-electron chi connectivity index (χ1n) is 10.3. The summed E-state index contributed by atoms with van der Waals surface area (Å²) in [7, 11) is 0.